The molecule has 4 heterocycles. The van der Waals surface area contributed by atoms with Gasteiger partial charge in [0, 0.05) is 6.20 Å². The van der Waals surface area contributed by atoms with Gasteiger partial charge in [-0.15, -0.1) is 0 Å². The van der Waals surface area contributed by atoms with Crippen molar-refractivity contribution in [1.82, 2.24) is 14.4 Å². The van der Waals surface area contributed by atoms with Gasteiger partial charge in [0.25, 0.3) is 5.78 Å². The molecule has 10 nitrogen and oxygen atoms in total. The highest BCUT2D eigenvalue weighted by atomic mass is 32.1. The van der Waals surface area contributed by atoms with Gasteiger partial charge in [0.05, 0.1) is 48.9 Å². The standard InChI is InChI=1S/C30H26N4O6S/c1-15-7-6-12-33-16(2)24(32-28(15)33)26(35)23-25(17-8-11-20(39-4)21(13-17)40-5)34(29(37)27(23)36)30-31-19-10-9-18(38-3)14-22(19)41-30/h6-14,25,35H,1-5H3. The molecule has 0 bridgehead atoms. The minimum atomic E-state index is -1.01. The first-order chi connectivity index (χ1) is 19.8. The van der Waals surface area contributed by atoms with E-state index in [9.17, 15) is 14.7 Å². The van der Waals surface area contributed by atoms with Crippen LogP contribution < -0.4 is 19.1 Å². The van der Waals surface area contributed by atoms with Gasteiger partial charge < -0.3 is 23.7 Å². The summed E-state index contributed by atoms with van der Waals surface area (Å²) in [6.45, 7) is 3.72. The molecular formula is C30H26N4O6S. The summed E-state index contributed by atoms with van der Waals surface area (Å²) in [6, 6.07) is 13.3. The number of hydrogen-bond donors (Lipinski definition) is 1. The number of aromatic nitrogens is 3. The molecule has 1 atom stereocenters. The monoisotopic (exact) mass is 570 g/mol. The van der Waals surface area contributed by atoms with Crippen LogP contribution in [0.1, 0.15) is 28.6 Å². The van der Waals surface area contributed by atoms with E-state index in [1.165, 1.54) is 30.5 Å². The number of fused-ring (bicyclic) bond motifs is 2. The summed E-state index contributed by atoms with van der Waals surface area (Å²) >= 11 is 1.25. The minimum Gasteiger partial charge on any atom is -0.505 e. The number of carbonyl (C=O) groups excluding carboxylic acids is 2. The molecule has 0 aliphatic carbocycles. The van der Waals surface area contributed by atoms with Crippen LogP contribution in [0.25, 0.3) is 21.6 Å². The van der Waals surface area contributed by atoms with E-state index >= 15 is 0 Å². The highest BCUT2D eigenvalue weighted by molar-refractivity contribution is 7.22. The Kier molecular flexibility index (Phi) is 6.38. The molecule has 208 valence electrons. The molecule has 1 N–H and O–H groups in total. The molecule has 1 unspecified atom stereocenters. The van der Waals surface area contributed by atoms with Crippen molar-refractivity contribution in [3.8, 4) is 17.2 Å². The molecule has 1 aliphatic rings. The van der Waals surface area contributed by atoms with Gasteiger partial charge in [-0.3, -0.25) is 14.5 Å². The molecule has 2 aromatic carbocycles. The fraction of sp³-hybridized carbons (Fsp3) is 0.200. The molecule has 1 amide bonds. The van der Waals surface area contributed by atoms with Crippen LogP contribution >= 0.6 is 11.3 Å². The van der Waals surface area contributed by atoms with Crippen LogP contribution in [0.2, 0.25) is 0 Å². The number of carbonyl (C=O) groups is 2. The lowest BCUT2D eigenvalue weighted by Gasteiger charge is -2.23. The molecule has 5 aromatic rings. The van der Waals surface area contributed by atoms with Gasteiger partial charge in [0.15, 0.2) is 22.4 Å². The van der Waals surface area contributed by atoms with E-state index in [2.05, 4.69) is 9.97 Å². The van der Waals surface area contributed by atoms with E-state index in [1.807, 2.05) is 35.7 Å². The zero-order valence-corrected chi connectivity index (χ0v) is 23.8. The average molecular weight is 571 g/mol. The second-order valence-corrected chi connectivity index (χ2v) is 10.6. The maximum absolute atomic E-state index is 13.7. The molecule has 6 rings (SSSR count). The van der Waals surface area contributed by atoms with Gasteiger partial charge >= 0.3 is 5.91 Å². The minimum absolute atomic E-state index is 0.0942. The first-order valence-corrected chi connectivity index (χ1v) is 13.5. The van der Waals surface area contributed by atoms with Crippen molar-refractivity contribution in [3.05, 3.63) is 82.8 Å². The predicted octanol–water partition coefficient (Wildman–Crippen LogP) is 5.21. The number of aryl methyl sites for hydroxylation is 2. The van der Waals surface area contributed by atoms with E-state index in [1.54, 1.807) is 44.4 Å². The fourth-order valence-electron chi connectivity index (χ4n) is 5.16. The van der Waals surface area contributed by atoms with Crippen molar-refractivity contribution in [2.75, 3.05) is 26.2 Å². The first-order valence-electron chi connectivity index (χ1n) is 12.7. The van der Waals surface area contributed by atoms with Crippen molar-refractivity contribution in [1.29, 1.82) is 0 Å². The Hall–Kier alpha value is -4.90. The van der Waals surface area contributed by atoms with Crippen molar-refractivity contribution < 1.29 is 28.9 Å². The first kappa shape index (κ1) is 26.3. The summed E-state index contributed by atoms with van der Waals surface area (Å²) in [5.74, 6) is -0.490. The molecule has 3 aromatic heterocycles. The molecule has 11 heteroatoms. The Morgan fingerprint density at radius 1 is 0.951 bits per heavy atom. The molecule has 0 radical (unpaired) electrons. The molecule has 41 heavy (non-hydrogen) atoms. The summed E-state index contributed by atoms with van der Waals surface area (Å²) in [6.07, 6.45) is 1.83. The number of nitrogens with zero attached hydrogens (tertiary/aromatic N) is 4. The normalized spacial score (nSPS) is 16.6. The molecule has 0 spiro atoms. The number of methoxy groups -OCH3 is 3. The SMILES string of the molecule is COc1ccc2nc(N3C(=O)C(=O)C(=C(O)c4nc5c(C)cccn5c4C)C3c3ccc(OC)c(OC)c3)sc2c1. The Balaban J connectivity index is 1.60. The van der Waals surface area contributed by atoms with Gasteiger partial charge in [-0.25, -0.2) is 9.97 Å². The Bertz CT molecular complexity index is 1910. The number of aliphatic hydroxyl groups excluding tert-OH is 1. The number of amides is 1. The van der Waals surface area contributed by atoms with E-state index < -0.39 is 17.7 Å². The topological polar surface area (TPSA) is 115 Å². The average Bonchev–Trinajstić information content (AvgIpc) is 3.64. The van der Waals surface area contributed by atoms with Crippen LogP contribution in [0.4, 0.5) is 5.13 Å². The largest absolute Gasteiger partial charge is 0.505 e. The van der Waals surface area contributed by atoms with Gasteiger partial charge in [0.1, 0.15) is 17.1 Å². The zero-order chi connectivity index (χ0) is 29.0. The van der Waals surface area contributed by atoms with Crippen LogP contribution in [0, 0.1) is 13.8 Å². The second-order valence-electron chi connectivity index (χ2n) is 9.54. The van der Waals surface area contributed by atoms with Gasteiger partial charge in [-0.2, -0.15) is 0 Å². The number of thiazole rings is 1. The van der Waals surface area contributed by atoms with E-state index in [0.717, 1.165) is 10.3 Å². The van der Waals surface area contributed by atoms with E-state index in [0.29, 0.717) is 44.8 Å². The Morgan fingerprint density at radius 2 is 1.73 bits per heavy atom. The third kappa shape index (κ3) is 4.08. The summed E-state index contributed by atoms with van der Waals surface area (Å²) in [7, 11) is 4.59. The number of aliphatic hydroxyl groups is 1. The number of ether oxygens (including phenoxy) is 3. The number of benzene rings is 2. The smallest absolute Gasteiger partial charge is 0.301 e. The van der Waals surface area contributed by atoms with Crippen molar-refractivity contribution >= 4 is 49.8 Å². The lowest BCUT2D eigenvalue weighted by Crippen LogP contribution is -2.29. The molecule has 1 aliphatic heterocycles. The van der Waals surface area contributed by atoms with Crippen LogP contribution in [0.15, 0.2) is 60.3 Å². The fourth-order valence-corrected chi connectivity index (χ4v) is 6.19. The third-order valence-corrected chi connectivity index (χ3v) is 8.28. The summed E-state index contributed by atoms with van der Waals surface area (Å²) in [5.41, 5.74) is 3.47. The van der Waals surface area contributed by atoms with Crippen molar-refractivity contribution in [3.63, 3.8) is 0 Å². The maximum Gasteiger partial charge on any atom is 0.301 e. The Morgan fingerprint density at radius 3 is 2.44 bits per heavy atom. The van der Waals surface area contributed by atoms with Crippen LogP contribution in [0.5, 0.6) is 17.2 Å². The number of ketones is 1. The van der Waals surface area contributed by atoms with Crippen LogP contribution in [-0.4, -0.2) is 52.5 Å². The second kappa shape index (κ2) is 9.93. The molecule has 1 saturated heterocycles. The molecule has 0 saturated carbocycles. The van der Waals surface area contributed by atoms with Crippen LogP contribution in [0.3, 0.4) is 0 Å². The number of anilines is 1. The number of rotatable bonds is 6. The maximum atomic E-state index is 13.7. The predicted molar refractivity (Wildman–Crippen MR) is 155 cm³/mol. The lowest BCUT2D eigenvalue weighted by atomic mass is 9.96. The summed E-state index contributed by atoms with van der Waals surface area (Å²) in [4.78, 5) is 38.1. The highest BCUT2D eigenvalue weighted by Gasteiger charge is 2.49. The van der Waals surface area contributed by atoms with E-state index in [-0.39, 0.29) is 17.0 Å². The molecule has 1 fully saturated rings. The zero-order valence-electron chi connectivity index (χ0n) is 23.0. The summed E-state index contributed by atoms with van der Waals surface area (Å²) < 4.78 is 18.9. The quantitative estimate of drug-likeness (QED) is 0.168. The third-order valence-electron chi connectivity index (χ3n) is 7.27. The van der Waals surface area contributed by atoms with Gasteiger partial charge in [-0.1, -0.05) is 23.5 Å². The number of Topliss-reactive ketones (excluding diaryl/α,β-unsaturated/α-hetero) is 1. The van der Waals surface area contributed by atoms with Crippen molar-refractivity contribution in [2.24, 2.45) is 0 Å². The summed E-state index contributed by atoms with van der Waals surface area (Å²) in [5, 5.41) is 12.0. The number of imidazole rings is 1. The number of hydrogen-bond acceptors (Lipinski definition) is 9. The van der Waals surface area contributed by atoms with Gasteiger partial charge in [-0.05, 0) is 61.4 Å². The number of pyridine rings is 1. The van der Waals surface area contributed by atoms with Crippen LogP contribution in [-0.2, 0) is 9.59 Å². The highest BCUT2D eigenvalue weighted by Crippen LogP contribution is 2.46. The molecular weight excluding hydrogens is 544 g/mol. The van der Waals surface area contributed by atoms with E-state index in [4.69, 9.17) is 14.2 Å². The van der Waals surface area contributed by atoms with Crippen molar-refractivity contribution in [2.45, 2.75) is 19.9 Å². The Labute approximate surface area is 239 Å². The van der Waals surface area contributed by atoms with Gasteiger partial charge in [0.2, 0.25) is 0 Å². The lowest BCUT2D eigenvalue weighted by molar-refractivity contribution is -0.132.